The van der Waals surface area contributed by atoms with E-state index >= 15 is 0 Å². The van der Waals surface area contributed by atoms with E-state index in [1.54, 1.807) is 0 Å². The molecule has 1 fully saturated rings. The molecule has 1 aliphatic rings. The molecule has 63 valence electrons. The van der Waals surface area contributed by atoms with Gasteiger partial charge in [-0.25, -0.2) is 5.32 Å². The maximum Gasteiger partial charge on any atom is 0.251 e. The molecule has 1 heterocycles. The van der Waals surface area contributed by atoms with Crippen LogP contribution in [0.3, 0.4) is 0 Å². The molecule has 1 unspecified atom stereocenters. The molecular formula is C7H13N2O2. The molecule has 0 bridgehead atoms. The first kappa shape index (κ1) is 8.49. The van der Waals surface area contributed by atoms with E-state index in [2.05, 4.69) is 5.32 Å². The Bertz CT molecular complexity index is 153. The van der Waals surface area contributed by atoms with Crippen LogP contribution in [0.15, 0.2) is 0 Å². The van der Waals surface area contributed by atoms with Crippen molar-refractivity contribution in [3.63, 3.8) is 0 Å². The van der Waals surface area contributed by atoms with Crippen molar-refractivity contribution in [2.24, 2.45) is 5.73 Å². The fourth-order valence-electron chi connectivity index (χ4n) is 1.15. The number of hydrogen-bond acceptors (Lipinski definition) is 2. The number of carbonyl (C=O) groups is 1. The number of hydrogen-bond donors (Lipinski definition) is 1. The molecule has 0 aromatic carbocycles. The van der Waals surface area contributed by atoms with Crippen LogP contribution in [0.1, 0.15) is 13.3 Å². The predicted molar refractivity (Wildman–Crippen MR) is 40.0 cm³/mol. The van der Waals surface area contributed by atoms with Gasteiger partial charge in [0.15, 0.2) is 5.60 Å². The lowest BCUT2D eigenvalue weighted by atomic mass is 9.98. The topological polar surface area (TPSA) is 66.4 Å². The first-order chi connectivity index (χ1) is 5.21. The van der Waals surface area contributed by atoms with Crippen LogP contribution < -0.4 is 11.1 Å². The molecule has 1 aliphatic heterocycles. The van der Waals surface area contributed by atoms with Gasteiger partial charge in [-0.05, 0) is 6.42 Å². The van der Waals surface area contributed by atoms with Crippen molar-refractivity contribution in [3.8, 4) is 0 Å². The summed E-state index contributed by atoms with van der Waals surface area (Å²) in [4.78, 5) is 10.9. The lowest BCUT2D eigenvalue weighted by molar-refractivity contribution is -0.147. The van der Waals surface area contributed by atoms with Crippen molar-refractivity contribution >= 4 is 5.91 Å². The van der Waals surface area contributed by atoms with Crippen LogP contribution in [0.25, 0.3) is 0 Å². The van der Waals surface area contributed by atoms with Crippen molar-refractivity contribution in [1.29, 1.82) is 0 Å². The third-order valence-corrected chi connectivity index (χ3v) is 2.02. The fourth-order valence-corrected chi connectivity index (χ4v) is 1.15. The number of carbonyl (C=O) groups excluding carboxylic acids is 1. The summed E-state index contributed by atoms with van der Waals surface area (Å²) >= 11 is 0. The Morgan fingerprint density at radius 3 is 2.82 bits per heavy atom. The molecule has 4 heteroatoms. The van der Waals surface area contributed by atoms with Crippen LogP contribution in [0.2, 0.25) is 0 Å². The van der Waals surface area contributed by atoms with Crippen molar-refractivity contribution < 1.29 is 9.53 Å². The van der Waals surface area contributed by atoms with E-state index in [1.807, 2.05) is 6.92 Å². The fraction of sp³-hybridized carbons (Fsp3) is 0.857. The van der Waals surface area contributed by atoms with Gasteiger partial charge in [0.05, 0.1) is 13.2 Å². The zero-order valence-corrected chi connectivity index (χ0v) is 6.67. The van der Waals surface area contributed by atoms with Crippen LogP contribution in [-0.2, 0) is 9.53 Å². The van der Waals surface area contributed by atoms with Gasteiger partial charge >= 0.3 is 0 Å². The highest BCUT2D eigenvalue weighted by atomic mass is 16.5. The molecule has 1 saturated heterocycles. The Kier molecular flexibility index (Phi) is 2.46. The van der Waals surface area contributed by atoms with Crippen molar-refractivity contribution in [2.75, 3.05) is 19.7 Å². The molecular weight excluding hydrogens is 144 g/mol. The zero-order valence-electron chi connectivity index (χ0n) is 6.67. The molecule has 0 spiro atoms. The predicted octanol–water partition coefficient (Wildman–Crippen LogP) is -0.745. The second-order valence-electron chi connectivity index (χ2n) is 2.67. The van der Waals surface area contributed by atoms with E-state index in [-0.39, 0.29) is 0 Å². The van der Waals surface area contributed by atoms with E-state index in [0.717, 1.165) is 0 Å². The first-order valence-corrected chi connectivity index (χ1v) is 3.78. The highest BCUT2D eigenvalue weighted by molar-refractivity contribution is 5.83. The molecule has 2 N–H and O–H groups in total. The maximum absolute atomic E-state index is 10.9. The van der Waals surface area contributed by atoms with Gasteiger partial charge in [0.25, 0.3) is 5.91 Å². The van der Waals surface area contributed by atoms with Gasteiger partial charge in [-0.1, -0.05) is 6.92 Å². The Morgan fingerprint density at radius 1 is 1.82 bits per heavy atom. The Hall–Kier alpha value is -0.610. The SMILES string of the molecule is CCC1(C(N)=O)C[N]CCO1. The minimum atomic E-state index is -0.807. The minimum Gasteiger partial charge on any atom is -0.367 e. The lowest BCUT2D eigenvalue weighted by Crippen LogP contribution is -2.55. The summed E-state index contributed by atoms with van der Waals surface area (Å²) in [7, 11) is 0. The Labute approximate surface area is 66.1 Å². The Balaban J connectivity index is 2.64. The summed E-state index contributed by atoms with van der Waals surface area (Å²) < 4.78 is 5.31. The van der Waals surface area contributed by atoms with Crippen LogP contribution in [0.5, 0.6) is 0 Å². The summed E-state index contributed by atoms with van der Waals surface area (Å²) in [5.74, 6) is -0.400. The molecule has 0 aromatic rings. The highest BCUT2D eigenvalue weighted by Gasteiger charge is 2.37. The van der Waals surface area contributed by atoms with Gasteiger partial charge in [-0.15, -0.1) is 0 Å². The van der Waals surface area contributed by atoms with Crippen molar-refractivity contribution in [3.05, 3.63) is 0 Å². The average Bonchev–Trinajstić information content (AvgIpc) is 2.05. The molecule has 1 radical (unpaired) electrons. The molecule has 0 aliphatic carbocycles. The van der Waals surface area contributed by atoms with Crippen LogP contribution >= 0.6 is 0 Å². The zero-order chi connectivity index (χ0) is 8.32. The Morgan fingerprint density at radius 2 is 2.55 bits per heavy atom. The van der Waals surface area contributed by atoms with Crippen LogP contribution in [0, 0.1) is 0 Å². The average molecular weight is 157 g/mol. The molecule has 1 rings (SSSR count). The van der Waals surface area contributed by atoms with E-state index in [4.69, 9.17) is 10.5 Å². The quantitative estimate of drug-likeness (QED) is 0.573. The highest BCUT2D eigenvalue weighted by Crippen LogP contribution is 2.17. The van der Waals surface area contributed by atoms with Gasteiger partial charge in [0, 0.05) is 6.54 Å². The van der Waals surface area contributed by atoms with Crippen molar-refractivity contribution in [1.82, 2.24) is 5.32 Å². The number of rotatable bonds is 2. The maximum atomic E-state index is 10.9. The second kappa shape index (κ2) is 3.19. The number of nitrogens with two attached hydrogens (primary N) is 1. The summed E-state index contributed by atoms with van der Waals surface area (Å²) in [6.07, 6.45) is 0.603. The van der Waals surface area contributed by atoms with Gasteiger partial charge in [0.2, 0.25) is 0 Å². The summed E-state index contributed by atoms with van der Waals surface area (Å²) in [5, 5.41) is 4.10. The third-order valence-electron chi connectivity index (χ3n) is 2.02. The number of amides is 1. The number of primary amides is 1. The van der Waals surface area contributed by atoms with Gasteiger partial charge in [0.1, 0.15) is 0 Å². The summed E-state index contributed by atoms with van der Waals surface area (Å²) in [6, 6.07) is 0. The van der Waals surface area contributed by atoms with Gasteiger partial charge in [-0.3, -0.25) is 4.79 Å². The van der Waals surface area contributed by atoms with Gasteiger partial charge in [-0.2, -0.15) is 0 Å². The third kappa shape index (κ3) is 1.52. The standard InChI is InChI=1S/C7H13N2O2/c1-2-7(6(8)10)5-9-3-4-11-7/h2-5H2,1H3,(H2,8,10). The summed E-state index contributed by atoms with van der Waals surface area (Å²) in [5.41, 5.74) is 4.38. The lowest BCUT2D eigenvalue weighted by Gasteiger charge is -2.32. The smallest absolute Gasteiger partial charge is 0.251 e. The minimum absolute atomic E-state index is 0.400. The summed E-state index contributed by atoms with van der Waals surface area (Å²) in [6.45, 7) is 3.48. The van der Waals surface area contributed by atoms with Crippen LogP contribution in [0.4, 0.5) is 0 Å². The second-order valence-corrected chi connectivity index (χ2v) is 2.67. The molecule has 4 nitrogen and oxygen atoms in total. The molecule has 1 atom stereocenters. The molecule has 1 amide bonds. The molecule has 0 aromatic heterocycles. The van der Waals surface area contributed by atoms with E-state index in [9.17, 15) is 4.79 Å². The monoisotopic (exact) mass is 157 g/mol. The number of nitrogens with zero attached hydrogens (tertiary/aromatic N) is 1. The molecule has 0 saturated carbocycles. The van der Waals surface area contributed by atoms with E-state index < -0.39 is 11.5 Å². The van der Waals surface area contributed by atoms with Crippen LogP contribution in [-0.4, -0.2) is 31.2 Å². The van der Waals surface area contributed by atoms with E-state index in [1.165, 1.54) is 0 Å². The number of morpholine rings is 1. The first-order valence-electron chi connectivity index (χ1n) is 3.78. The van der Waals surface area contributed by atoms with Gasteiger partial charge < -0.3 is 10.5 Å². The largest absolute Gasteiger partial charge is 0.367 e. The number of ether oxygens (including phenoxy) is 1. The van der Waals surface area contributed by atoms with Crippen molar-refractivity contribution in [2.45, 2.75) is 18.9 Å². The normalized spacial score (nSPS) is 31.7. The van der Waals surface area contributed by atoms with E-state index in [0.29, 0.717) is 26.1 Å². The molecule has 11 heavy (non-hydrogen) atoms.